The summed E-state index contributed by atoms with van der Waals surface area (Å²) in [5, 5.41) is 8.92. The zero-order valence-electron chi connectivity index (χ0n) is 22.5. The molecule has 0 aliphatic carbocycles. The number of nitrogens with two attached hydrogens (primary N) is 1. The van der Waals surface area contributed by atoms with Gasteiger partial charge in [0.1, 0.15) is 18.1 Å². The summed E-state index contributed by atoms with van der Waals surface area (Å²) in [6.45, 7) is 7.72. The molecule has 3 atom stereocenters. The second-order valence-corrected chi connectivity index (χ2v) is 9.99. The van der Waals surface area contributed by atoms with Crippen molar-refractivity contribution in [1.29, 1.82) is 0 Å². The standard InChI is InChI=1S/C28H38N6O4/c1-5-19-11-12-20-16-30-22(15-21(20)14-19)8-6-10-24(35)32-25(17(2)3)27(37)31-18(4)28(38)34-13-7-9-23(33-34)26(29)36/h6,8,11-12,14-18,23,25,33H,5,7,9-10,13H2,1-4H3,(H2,29,36)(H,31,37)(H,32,35)/b8-6+/t18-,23-,25?/m0/s1. The molecule has 1 fully saturated rings. The molecule has 2 heterocycles. The number of pyridine rings is 1. The van der Waals surface area contributed by atoms with Crippen LogP contribution in [0.1, 0.15) is 58.2 Å². The molecule has 10 nitrogen and oxygen atoms in total. The van der Waals surface area contributed by atoms with E-state index in [1.54, 1.807) is 19.1 Å². The molecule has 2 aromatic rings. The summed E-state index contributed by atoms with van der Waals surface area (Å²) < 4.78 is 0. The third kappa shape index (κ3) is 7.61. The van der Waals surface area contributed by atoms with Gasteiger partial charge in [-0.2, -0.15) is 0 Å². The maximum absolute atomic E-state index is 12.9. The van der Waals surface area contributed by atoms with Gasteiger partial charge in [0.25, 0.3) is 5.91 Å². The van der Waals surface area contributed by atoms with E-state index < -0.39 is 29.9 Å². The largest absolute Gasteiger partial charge is 0.368 e. The summed E-state index contributed by atoms with van der Waals surface area (Å²) in [5.41, 5.74) is 10.2. The highest BCUT2D eigenvalue weighted by Gasteiger charge is 2.31. The summed E-state index contributed by atoms with van der Waals surface area (Å²) in [4.78, 5) is 54.3. The fourth-order valence-corrected chi connectivity index (χ4v) is 4.32. The number of hydrogen-bond acceptors (Lipinski definition) is 6. The molecule has 0 spiro atoms. The summed E-state index contributed by atoms with van der Waals surface area (Å²) in [5.74, 6) is -1.88. The first kappa shape index (κ1) is 28.8. The van der Waals surface area contributed by atoms with E-state index in [0.29, 0.717) is 19.4 Å². The lowest BCUT2D eigenvalue weighted by Gasteiger charge is -2.34. The molecule has 1 aliphatic heterocycles. The fourth-order valence-electron chi connectivity index (χ4n) is 4.32. The zero-order valence-corrected chi connectivity index (χ0v) is 22.5. The monoisotopic (exact) mass is 522 g/mol. The van der Waals surface area contributed by atoms with Crippen LogP contribution < -0.4 is 21.8 Å². The fraction of sp³-hybridized carbons (Fsp3) is 0.464. The van der Waals surface area contributed by atoms with Crippen molar-refractivity contribution in [1.82, 2.24) is 26.1 Å². The van der Waals surface area contributed by atoms with Crippen LogP contribution in [0.5, 0.6) is 0 Å². The molecule has 1 unspecified atom stereocenters. The topological polar surface area (TPSA) is 147 Å². The molecule has 1 aromatic carbocycles. The maximum Gasteiger partial charge on any atom is 0.258 e. The van der Waals surface area contributed by atoms with E-state index in [0.717, 1.165) is 22.9 Å². The van der Waals surface area contributed by atoms with E-state index in [-0.39, 0.29) is 24.2 Å². The average Bonchev–Trinajstić information content (AvgIpc) is 2.90. The Morgan fingerprint density at radius 2 is 1.92 bits per heavy atom. The van der Waals surface area contributed by atoms with Crippen molar-refractivity contribution < 1.29 is 19.2 Å². The van der Waals surface area contributed by atoms with Crippen LogP contribution in [0.2, 0.25) is 0 Å². The summed E-state index contributed by atoms with van der Waals surface area (Å²) >= 11 is 0. The molecule has 0 bridgehead atoms. The third-order valence-corrected chi connectivity index (χ3v) is 6.60. The number of aryl methyl sites for hydroxylation is 1. The summed E-state index contributed by atoms with van der Waals surface area (Å²) in [7, 11) is 0. The Morgan fingerprint density at radius 1 is 1.16 bits per heavy atom. The molecule has 1 aromatic heterocycles. The molecule has 5 N–H and O–H groups in total. The second-order valence-electron chi connectivity index (χ2n) is 9.99. The van der Waals surface area contributed by atoms with E-state index >= 15 is 0 Å². The number of benzene rings is 1. The van der Waals surface area contributed by atoms with Crippen LogP contribution in [0, 0.1) is 5.92 Å². The molecule has 0 saturated carbocycles. The summed E-state index contributed by atoms with van der Waals surface area (Å²) in [6.07, 6.45) is 7.51. The Kier molecular flexibility index (Phi) is 9.95. The predicted octanol–water partition coefficient (Wildman–Crippen LogP) is 1.83. The number of nitrogens with one attached hydrogen (secondary N) is 3. The number of fused-ring (bicyclic) bond motifs is 1. The Bertz CT molecular complexity index is 1210. The van der Waals surface area contributed by atoms with E-state index in [4.69, 9.17) is 5.73 Å². The zero-order chi connectivity index (χ0) is 27.8. The third-order valence-electron chi connectivity index (χ3n) is 6.60. The molecular weight excluding hydrogens is 484 g/mol. The molecule has 4 amide bonds. The normalized spacial score (nSPS) is 17.4. The van der Waals surface area contributed by atoms with Crippen LogP contribution in [0.25, 0.3) is 16.8 Å². The number of carbonyl (C=O) groups is 4. The van der Waals surface area contributed by atoms with Crippen LogP contribution in [-0.4, -0.2) is 58.3 Å². The van der Waals surface area contributed by atoms with Crippen LogP contribution in [0.15, 0.2) is 36.5 Å². The maximum atomic E-state index is 12.9. The number of carbonyl (C=O) groups excluding carboxylic acids is 4. The van der Waals surface area contributed by atoms with E-state index in [1.165, 1.54) is 10.6 Å². The molecule has 38 heavy (non-hydrogen) atoms. The molecule has 10 heteroatoms. The van der Waals surface area contributed by atoms with Crippen molar-refractivity contribution >= 4 is 40.5 Å². The molecule has 204 valence electrons. The highest BCUT2D eigenvalue weighted by molar-refractivity contribution is 5.92. The Morgan fingerprint density at radius 3 is 2.61 bits per heavy atom. The van der Waals surface area contributed by atoms with Crippen LogP contribution in [0.3, 0.4) is 0 Å². The number of nitrogens with zero attached hydrogens (tertiary/aromatic N) is 2. The van der Waals surface area contributed by atoms with Crippen molar-refractivity contribution in [2.24, 2.45) is 11.7 Å². The number of rotatable bonds is 10. The average molecular weight is 523 g/mol. The van der Waals surface area contributed by atoms with Gasteiger partial charge in [0.2, 0.25) is 17.7 Å². The molecule has 3 rings (SSSR count). The number of primary amides is 1. The van der Waals surface area contributed by atoms with Gasteiger partial charge < -0.3 is 16.4 Å². The van der Waals surface area contributed by atoms with Gasteiger partial charge in [0.05, 0.1) is 5.69 Å². The minimum absolute atomic E-state index is 0.0753. The van der Waals surface area contributed by atoms with Gasteiger partial charge in [0.15, 0.2) is 0 Å². The first-order valence-corrected chi connectivity index (χ1v) is 13.1. The van der Waals surface area contributed by atoms with E-state index in [1.807, 2.05) is 26.1 Å². The first-order chi connectivity index (χ1) is 18.1. The number of hydrazine groups is 1. The van der Waals surface area contributed by atoms with Gasteiger partial charge in [-0.3, -0.25) is 29.2 Å². The minimum atomic E-state index is -0.855. The SMILES string of the molecule is CCc1ccc2cnc(/C=C/CC(=O)NC(C(=O)N[C@@H](C)C(=O)N3CCC[C@@H](C(N)=O)N3)C(C)C)cc2c1. The van der Waals surface area contributed by atoms with Crippen molar-refractivity contribution in [3.05, 3.63) is 47.8 Å². The lowest BCUT2D eigenvalue weighted by molar-refractivity contribution is -0.142. The van der Waals surface area contributed by atoms with Gasteiger partial charge in [-0.1, -0.05) is 45.0 Å². The van der Waals surface area contributed by atoms with Crippen LogP contribution in [0.4, 0.5) is 0 Å². The van der Waals surface area contributed by atoms with E-state index in [2.05, 4.69) is 46.2 Å². The summed E-state index contributed by atoms with van der Waals surface area (Å²) in [6, 6.07) is 5.96. The number of aromatic nitrogens is 1. The van der Waals surface area contributed by atoms with Gasteiger partial charge in [-0.05, 0) is 55.2 Å². The van der Waals surface area contributed by atoms with Gasteiger partial charge >= 0.3 is 0 Å². The van der Waals surface area contributed by atoms with Crippen molar-refractivity contribution in [3.8, 4) is 0 Å². The lowest BCUT2D eigenvalue weighted by Crippen LogP contribution is -2.61. The molecular formula is C28H38N6O4. The Labute approximate surface area is 223 Å². The lowest BCUT2D eigenvalue weighted by atomic mass is 10.0. The van der Waals surface area contributed by atoms with E-state index in [9.17, 15) is 19.2 Å². The van der Waals surface area contributed by atoms with Gasteiger partial charge in [0, 0.05) is 24.5 Å². The quantitative estimate of drug-likeness (QED) is 0.374. The second kappa shape index (κ2) is 13.1. The molecule has 1 saturated heterocycles. The minimum Gasteiger partial charge on any atom is -0.368 e. The first-order valence-electron chi connectivity index (χ1n) is 13.1. The number of hydrogen-bond donors (Lipinski definition) is 4. The van der Waals surface area contributed by atoms with Crippen LogP contribution >= 0.6 is 0 Å². The van der Waals surface area contributed by atoms with Crippen molar-refractivity contribution in [2.45, 2.75) is 71.5 Å². The van der Waals surface area contributed by atoms with Crippen molar-refractivity contribution in [3.63, 3.8) is 0 Å². The Hall–Kier alpha value is -3.79. The van der Waals surface area contributed by atoms with Crippen LogP contribution in [-0.2, 0) is 25.6 Å². The highest BCUT2D eigenvalue weighted by Crippen LogP contribution is 2.17. The smallest absolute Gasteiger partial charge is 0.258 e. The molecule has 0 radical (unpaired) electrons. The molecule has 1 aliphatic rings. The predicted molar refractivity (Wildman–Crippen MR) is 146 cm³/mol. The van der Waals surface area contributed by atoms with Crippen molar-refractivity contribution in [2.75, 3.05) is 6.54 Å². The van der Waals surface area contributed by atoms with Gasteiger partial charge in [-0.15, -0.1) is 0 Å². The number of amides is 4. The highest BCUT2D eigenvalue weighted by atomic mass is 16.2. The van der Waals surface area contributed by atoms with Gasteiger partial charge in [-0.25, -0.2) is 5.43 Å². The Balaban J connectivity index is 1.55.